The van der Waals surface area contributed by atoms with E-state index in [0.717, 1.165) is 0 Å². The molecule has 0 unspecified atom stereocenters. The molecule has 1 aromatic rings. The summed E-state index contributed by atoms with van der Waals surface area (Å²) >= 11 is 0. The van der Waals surface area contributed by atoms with Gasteiger partial charge < -0.3 is 15.4 Å². The summed E-state index contributed by atoms with van der Waals surface area (Å²) in [7, 11) is 3.08. The lowest BCUT2D eigenvalue weighted by Crippen LogP contribution is -2.48. The molecule has 1 amide bonds. The third kappa shape index (κ3) is 3.93. The average molecular weight is 282 g/mol. The van der Waals surface area contributed by atoms with Crippen molar-refractivity contribution in [2.75, 3.05) is 14.2 Å². The maximum Gasteiger partial charge on any atom is 0.240 e. The van der Waals surface area contributed by atoms with Gasteiger partial charge in [0.15, 0.2) is 11.6 Å². The lowest BCUT2D eigenvalue weighted by Gasteiger charge is -2.30. The van der Waals surface area contributed by atoms with Gasteiger partial charge in [-0.15, -0.1) is 0 Å². The van der Waals surface area contributed by atoms with E-state index in [1.54, 1.807) is 19.2 Å². The molecular weight excluding hydrogens is 259 g/mol. The minimum atomic E-state index is -0.587. The molecule has 1 rings (SSSR count). The molecule has 0 saturated carbocycles. The maximum absolute atomic E-state index is 13.6. The Kier molecular flexibility index (Phi) is 5.11. The molecule has 0 fully saturated rings. The van der Waals surface area contributed by atoms with Crippen LogP contribution in [0.4, 0.5) is 4.39 Å². The number of benzene rings is 1. The van der Waals surface area contributed by atoms with E-state index in [1.807, 2.05) is 20.8 Å². The van der Waals surface area contributed by atoms with Crippen LogP contribution in [0.1, 0.15) is 26.3 Å². The molecule has 0 aliphatic rings. The molecule has 1 atom stereocenters. The van der Waals surface area contributed by atoms with E-state index >= 15 is 0 Å². The van der Waals surface area contributed by atoms with Crippen LogP contribution in [0.15, 0.2) is 18.2 Å². The Morgan fingerprint density at radius 1 is 1.45 bits per heavy atom. The molecule has 5 heteroatoms. The first kappa shape index (κ1) is 16.4. The Morgan fingerprint density at radius 3 is 2.50 bits per heavy atom. The highest BCUT2D eigenvalue weighted by Crippen LogP contribution is 2.21. The first-order valence-corrected chi connectivity index (χ1v) is 6.49. The number of methoxy groups -OCH3 is 1. The van der Waals surface area contributed by atoms with Crippen molar-refractivity contribution in [2.24, 2.45) is 11.1 Å². The van der Waals surface area contributed by atoms with E-state index < -0.39 is 11.9 Å². The van der Waals surface area contributed by atoms with Crippen molar-refractivity contribution >= 4 is 5.91 Å². The molecule has 0 bridgehead atoms. The van der Waals surface area contributed by atoms with Gasteiger partial charge in [0, 0.05) is 13.6 Å². The van der Waals surface area contributed by atoms with Crippen LogP contribution in [0.2, 0.25) is 0 Å². The fourth-order valence-corrected chi connectivity index (χ4v) is 1.77. The average Bonchev–Trinajstić information content (AvgIpc) is 2.36. The summed E-state index contributed by atoms with van der Waals surface area (Å²) in [4.78, 5) is 13.7. The topological polar surface area (TPSA) is 55.6 Å². The van der Waals surface area contributed by atoms with Gasteiger partial charge in [-0.2, -0.15) is 0 Å². The number of carbonyl (C=O) groups is 1. The van der Waals surface area contributed by atoms with Crippen LogP contribution in [0.5, 0.6) is 5.75 Å². The van der Waals surface area contributed by atoms with Crippen LogP contribution >= 0.6 is 0 Å². The number of carbonyl (C=O) groups excluding carboxylic acids is 1. The Hall–Kier alpha value is -1.62. The first-order chi connectivity index (χ1) is 9.16. The third-order valence-corrected chi connectivity index (χ3v) is 3.21. The number of amides is 1. The number of nitrogens with zero attached hydrogens (tertiary/aromatic N) is 1. The van der Waals surface area contributed by atoms with Gasteiger partial charge in [0.2, 0.25) is 5.91 Å². The summed E-state index contributed by atoms with van der Waals surface area (Å²) in [6.45, 7) is 6.05. The van der Waals surface area contributed by atoms with Gasteiger partial charge in [-0.1, -0.05) is 26.8 Å². The van der Waals surface area contributed by atoms with Crippen LogP contribution in [-0.2, 0) is 11.3 Å². The molecule has 0 aromatic heterocycles. The molecule has 0 aliphatic carbocycles. The second-order valence-electron chi connectivity index (χ2n) is 6.01. The van der Waals surface area contributed by atoms with Crippen molar-refractivity contribution in [1.29, 1.82) is 0 Å². The molecule has 0 heterocycles. The van der Waals surface area contributed by atoms with Gasteiger partial charge in [-0.05, 0) is 23.1 Å². The van der Waals surface area contributed by atoms with Crippen LogP contribution in [0, 0.1) is 11.2 Å². The number of nitrogens with two attached hydrogens (primary N) is 1. The monoisotopic (exact) mass is 282 g/mol. The number of halogens is 1. The van der Waals surface area contributed by atoms with Gasteiger partial charge in [0.25, 0.3) is 0 Å². The normalized spacial score (nSPS) is 12.9. The molecular formula is C15H23FN2O2. The highest BCUT2D eigenvalue weighted by Gasteiger charge is 2.29. The Balaban J connectivity index is 2.78. The lowest BCUT2D eigenvalue weighted by atomic mass is 9.86. The molecule has 0 saturated heterocycles. The van der Waals surface area contributed by atoms with Crippen molar-refractivity contribution in [2.45, 2.75) is 33.4 Å². The van der Waals surface area contributed by atoms with Crippen molar-refractivity contribution in [3.8, 4) is 5.75 Å². The first-order valence-electron chi connectivity index (χ1n) is 6.49. The second kappa shape index (κ2) is 6.22. The summed E-state index contributed by atoms with van der Waals surface area (Å²) in [6, 6.07) is 4.06. The molecule has 0 radical (unpaired) electrons. The van der Waals surface area contributed by atoms with Crippen LogP contribution in [-0.4, -0.2) is 31.0 Å². The molecule has 20 heavy (non-hydrogen) atoms. The van der Waals surface area contributed by atoms with Gasteiger partial charge in [-0.3, -0.25) is 4.79 Å². The van der Waals surface area contributed by atoms with Crippen molar-refractivity contribution in [3.63, 3.8) is 0 Å². The van der Waals surface area contributed by atoms with Gasteiger partial charge >= 0.3 is 0 Å². The smallest absolute Gasteiger partial charge is 0.240 e. The molecule has 0 spiro atoms. The van der Waals surface area contributed by atoms with Crippen LogP contribution < -0.4 is 10.5 Å². The van der Waals surface area contributed by atoms with Gasteiger partial charge in [0.1, 0.15) is 0 Å². The van der Waals surface area contributed by atoms with E-state index in [0.29, 0.717) is 12.1 Å². The Bertz CT molecular complexity index is 483. The molecule has 1 aromatic carbocycles. The maximum atomic E-state index is 13.6. The SMILES string of the molecule is COc1ccc(CN(C)C(=O)[C@H](N)C(C)(C)C)cc1F. The summed E-state index contributed by atoms with van der Waals surface area (Å²) in [5.41, 5.74) is 6.32. The van der Waals surface area contributed by atoms with Gasteiger partial charge in [-0.25, -0.2) is 4.39 Å². The second-order valence-corrected chi connectivity index (χ2v) is 6.01. The molecule has 0 aliphatic heterocycles. The number of hydrogen-bond donors (Lipinski definition) is 1. The fourth-order valence-electron chi connectivity index (χ4n) is 1.77. The predicted molar refractivity (Wildman–Crippen MR) is 76.9 cm³/mol. The zero-order valence-electron chi connectivity index (χ0n) is 12.7. The fraction of sp³-hybridized carbons (Fsp3) is 0.533. The third-order valence-electron chi connectivity index (χ3n) is 3.21. The van der Waals surface area contributed by atoms with E-state index in [4.69, 9.17) is 10.5 Å². The standard InChI is InChI=1S/C15H23FN2O2/c1-15(2,3)13(17)14(19)18(4)9-10-6-7-12(20-5)11(16)8-10/h6-8,13H,9,17H2,1-5H3/t13-/m0/s1. The molecule has 112 valence electrons. The van der Waals surface area contributed by atoms with Gasteiger partial charge in [0.05, 0.1) is 13.2 Å². The van der Waals surface area contributed by atoms with Crippen molar-refractivity contribution in [3.05, 3.63) is 29.6 Å². The number of hydrogen-bond acceptors (Lipinski definition) is 3. The van der Waals surface area contributed by atoms with Crippen molar-refractivity contribution < 1.29 is 13.9 Å². The number of likely N-dealkylation sites (N-methyl/N-ethyl adjacent to an activating group) is 1. The van der Waals surface area contributed by atoms with E-state index in [1.165, 1.54) is 18.1 Å². The zero-order valence-corrected chi connectivity index (χ0v) is 12.7. The van der Waals surface area contributed by atoms with E-state index in [2.05, 4.69) is 0 Å². The summed E-state index contributed by atoms with van der Waals surface area (Å²) < 4.78 is 18.5. The minimum Gasteiger partial charge on any atom is -0.494 e. The highest BCUT2D eigenvalue weighted by molar-refractivity contribution is 5.82. The Labute approximate surface area is 119 Å². The summed E-state index contributed by atoms with van der Waals surface area (Å²) in [5, 5.41) is 0. The highest BCUT2D eigenvalue weighted by atomic mass is 19.1. The lowest BCUT2D eigenvalue weighted by molar-refractivity contribution is -0.134. The van der Waals surface area contributed by atoms with E-state index in [-0.39, 0.29) is 17.1 Å². The summed E-state index contributed by atoms with van der Waals surface area (Å²) in [6.07, 6.45) is 0. The van der Waals surface area contributed by atoms with Crippen LogP contribution in [0.3, 0.4) is 0 Å². The number of rotatable bonds is 4. The number of ether oxygens (including phenoxy) is 1. The van der Waals surface area contributed by atoms with E-state index in [9.17, 15) is 9.18 Å². The largest absolute Gasteiger partial charge is 0.494 e. The van der Waals surface area contributed by atoms with Crippen molar-refractivity contribution in [1.82, 2.24) is 4.90 Å². The minimum absolute atomic E-state index is 0.159. The Morgan fingerprint density at radius 2 is 2.05 bits per heavy atom. The zero-order chi connectivity index (χ0) is 15.5. The molecule has 2 N–H and O–H groups in total. The molecule has 4 nitrogen and oxygen atoms in total. The van der Waals surface area contributed by atoms with Crippen LogP contribution in [0.25, 0.3) is 0 Å². The predicted octanol–water partition coefficient (Wildman–Crippen LogP) is 2.17. The summed E-state index contributed by atoms with van der Waals surface area (Å²) in [5.74, 6) is -0.409. The quantitative estimate of drug-likeness (QED) is 0.920.